The minimum Gasteiger partial charge on any atom is -0.356 e. The molecule has 0 spiro atoms. The first-order valence-corrected chi connectivity index (χ1v) is 7.36. The van der Waals surface area contributed by atoms with Gasteiger partial charge in [0.1, 0.15) is 18.2 Å². The standard InChI is InChI=1S/C18H8F6N4/c1-9-2-14(15(8-27)16(28-9)11(6-25)7-26)10-3-12(17(19,20)21)5-13(4-10)18(22,23)24/h2-5,28H,1H3. The van der Waals surface area contributed by atoms with Crippen LogP contribution in [0.15, 0.2) is 46.8 Å². The number of benzene rings is 1. The van der Waals surface area contributed by atoms with Gasteiger partial charge in [-0.05, 0) is 36.8 Å². The van der Waals surface area contributed by atoms with Crippen LogP contribution < -0.4 is 5.32 Å². The van der Waals surface area contributed by atoms with Gasteiger partial charge in [0.25, 0.3) is 0 Å². The maximum atomic E-state index is 13.1. The summed E-state index contributed by atoms with van der Waals surface area (Å²) in [5.41, 5.74) is -4.90. The van der Waals surface area contributed by atoms with Gasteiger partial charge < -0.3 is 5.32 Å². The van der Waals surface area contributed by atoms with Crippen molar-refractivity contribution in [3.8, 4) is 18.2 Å². The van der Waals surface area contributed by atoms with Crippen LogP contribution >= 0.6 is 0 Å². The predicted molar refractivity (Wildman–Crippen MR) is 84.1 cm³/mol. The van der Waals surface area contributed by atoms with Gasteiger partial charge in [-0.15, -0.1) is 0 Å². The normalized spacial score (nSPS) is 14.4. The van der Waals surface area contributed by atoms with Crippen LogP contribution in [0.2, 0.25) is 0 Å². The number of nitriles is 3. The van der Waals surface area contributed by atoms with E-state index in [0.717, 1.165) is 0 Å². The lowest BCUT2D eigenvalue weighted by Gasteiger charge is -2.21. The highest BCUT2D eigenvalue weighted by atomic mass is 19.4. The Morgan fingerprint density at radius 2 is 1.39 bits per heavy atom. The highest BCUT2D eigenvalue weighted by molar-refractivity contribution is 5.86. The number of nitrogens with one attached hydrogen (secondary N) is 1. The zero-order valence-electron chi connectivity index (χ0n) is 13.9. The van der Waals surface area contributed by atoms with Gasteiger partial charge in [-0.3, -0.25) is 0 Å². The number of alkyl halides is 6. The molecule has 0 bridgehead atoms. The summed E-state index contributed by atoms with van der Waals surface area (Å²) in [6.07, 6.45) is -8.94. The SMILES string of the molecule is CC1=CC(c2cc(C(F)(F)F)cc(C(F)(F)F)c2)=C(C#N)C(=C(C#N)C#N)N1. The first kappa shape index (κ1) is 20.6. The second kappa shape index (κ2) is 7.13. The first-order valence-electron chi connectivity index (χ1n) is 7.36. The molecule has 0 radical (unpaired) electrons. The molecule has 1 heterocycles. The summed E-state index contributed by atoms with van der Waals surface area (Å²) in [6, 6.07) is 5.64. The summed E-state index contributed by atoms with van der Waals surface area (Å²) in [6.45, 7) is 1.42. The lowest BCUT2D eigenvalue weighted by molar-refractivity contribution is -0.143. The topological polar surface area (TPSA) is 83.4 Å². The van der Waals surface area contributed by atoms with E-state index in [0.29, 0.717) is 12.1 Å². The monoisotopic (exact) mass is 394 g/mol. The Hall–Kier alpha value is -3.71. The highest BCUT2D eigenvalue weighted by Gasteiger charge is 2.37. The molecule has 1 aliphatic heterocycles. The van der Waals surface area contributed by atoms with E-state index in [1.165, 1.54) is 25.1 Å². The van der Waals surface area contributed by atoms with Gasteiger partial charge >= 0.3 is 12.4 Å². The van der Waals surface area contributed by atoms with Crippen LogP contribution in [0, 0.1) is 34.0 Å². The lowest BCUT2D eigenvalue weighted by Crippen LogP contribution is -2.19. The Labute approximate surface area is 154 Å². The molecule has 0 saturated carbocycles. The highest BCUT2D eigenvalue weighted by Crippen LogP contribution is 2.39. The molecule has 4 nitrogen and oxygen atoms in total. The van der Waals surface area contributed by atoms with Crippen molar-refractivity contribution in [3.05, 3.63) is 63.5 Å². The van der Waals surface area contributed by atoms with Gasteiger partial charge in [0.05, 0.1) is 22.4 Å². The van der Waals surface area contributed by atoms with Crippen molar-refractivity contribution < 1.29 is 26.3 Å². The molecule has 142 valence electrons. The maximum absolute atomic E-state index is 13.1. The molecule has 1 aromatic carbocycles. The van der Waals surface area contributed by atoms with Crippen LogP contribution in [0.25, 0.3) is 5.57 Å². The summed E-state index contributed by atoms with van der Waals surface area (Å²) in [5, 5.41) is 30.0. The fourth-order valence-corrected chi connectivity index (χ4v) is 2.50. The zero-order chi connectivity index (χ0) is 21.3. The van der Waals surface area contributed by atoms with Gasteiger partial charge in [0.2, 0.25) is 0 Å². The van der Waals surface area contributed by atoms with E-state index in [9.17, 15) is 31.6 Å². The van der Waals surface area contributed by atoms with Gasteiger partial charge in [0, 0.05) is 11.3 Å². The van der Waals surface area contributed by atoms with Gasteiger partial charge in [0.15, 0.2) is 5.57 Å². The van der Waals surface area contributed by atoms with E-state index < -0.39 is 40.2 Å². The third kappa shape index (κ3) is 3.99. The Balaban J connectivity index is 2.92. The number of dihydropyridines is 1. The predicted octanol–water partition coefficient (Wildman–Crippen LogP) is 4.81. The van der Waals surface area contributed by atoms with E-state index in [1.807, 2.05) is 0 Å². The molecule has 0 atom stereocenters. The van der Waals surface area contributed by atoms with Gasteiger partial charge in [-0.25, -0.2) is 0 Å². The maximum Gasteiger partial charge on any atom is 0.416 e. The molecule has 0 unspecified atom stereocenters. The zero-order valence-corrected chi connectivity index (χ0v) is 13.9. The molecule has 10 heteroatoms. The van der Waals surface area contributed by atoms with Gasteiger partial charge in [-0.1, -0.05) is 0 Å². The molecule has 1 N–H and O–H groups in total. The minimum absolute atomic E-state index is 0.0273. The molecule has 2 rings (SSSR count). The minimum atomic E-state index is -5.06. The summed E-state index contributed by atoms with van der Waals surface area (Å²) < 4.78 is 78.6. The van der Waals surface area contributed by atoms with Crippen molar-refractivity contribution >= 4 is 5.57 Å². The summed E-state index contributed by atoms with van der Waals surface area (Å²) in [7, 11) is 0. The molecule has 0 aliphatic carbocycles. The van der Waals surface area contributed by atoms with Crippen molar-refractivity contribution in [1.29, 1.82) is 15.8 Å². The van der Waals surface area contributed by atoms with Crippen molar-refractivity contribution in [2.75, 3.05) is 0 Å². The molecule has 1 aliphatic rings. The Morgan fingerprint density at radius 1 is 0.893 bits per heavy atom. The smallest absolute Gasteiger partial charge is 0.356 e. The molecule has 0 amide bonds. The fourth-order valence-electron chi connectivity index (χ4n) is 2.50. The van der Waals surface area contributed by atoms with E-state index in [1.54, 1.807) is 6.07 Å². The third-order valence-electron chi connectivity index (χ3n) is 3.69. The van der Waals surface area contributed by atoms with Crippen molar-refractivity contribution in [3.63, 3.8) is 0 Å². The Kier molecular flexibility index (Phi) is 5.24. The summed E-state index contributed by atoms with van der Waals surface area (Å²) >= 11 is 0. The second-order valence-corrected chi connectivity index (χ2v) is 5.62. The largest absolute Gasteiger partial charge is 0.416 e. The Morgan fingerprint density at radius 3 is 1.79 bits per heavy atom. The number of rotatable bonds is 1. The first-order chi connectivity index (χ1) is 12.9. The van der Waals surface area contributed by atoms with Gasteiger partial charge in [-0.2, -0.15) is 42.1 Å². The molecular formula is C18H8F6N4. The van der Waals surface area contributed by atoms with Crippen molar-refractivity contribution in [2.45, 2.75) is 19.3 Å². The fraction of sp³-hybridized carbons (Fsp3) is 0.167. The van der Waals surface area contributed by atoms with E-state index in [2.05, 4.69) is 5.32 Å². The quantitative estimate of drug-likeness (QED) is 0.547. The molecular weight excluding hydrogens is 386 g/mol. The number of nitrogens with zero attached hydrogens (tertiary/aromatic N) is 3. The van der Waals surface area contributed by atoms with Crippen molar-refractivity contribution in [2.24, 2.45) is 0 Å². The van der Waals surface area contributed by atoms with Crippen LogP contribution in [0.4, 0.5) is 26.3 Å². The molecule has 1 aromatic rings. The number of hydrogen-bond donors (Lipinski definition) is 1. The van der Waals surface area contributed by atoms with E-state index in [4.69, 9.17) is 10.5 Å². The molecule has 0 fully saturated rings. The molecule has 28 heavy (non-hydrogen) atoms. The van der Waals surface area contributed by atoms with Crippen LogP contribution in [-0.2, 0) is 12.4 Å². The van der Waals surface area contributed by atoms with Crippen LogP contribution in [0.3, 0.4) is 0 Å². The second-order valence-electron chi connectivity index (χ2n) is 5.62. The average Bonchev–Trinajstić information content (AvgIpc) is 2.60. The van der Waals surface area contributed by atoms with E-state index >= 15 is 0 Å². The molecule has 0 aromatic heterocycles. The number of allylic oxidation sites excluding steroid dienone is 5. The summed E-state index contributed by atoms with van der Waals surface area (Å²) in [5.74, 6) is 0. The Bertz CT molecular complexity index is 1000. The lowest BCUT2D eigenvalue weighted by atomic mass is 9.91. The molecule has 0 saturated heterocycles. The number of hydrogen-bond acceptors (Lipinski definition) is 4. The average molecular weight is 394 g/mol. The van der Waals surface area contributed by atoms with Crippen LogP contribution in [0.1, 0.15) is 23.6 Å². The van der Waals surface area contributed by atoms with Crippen LogP contribution in [-0.4, -0.2) is 0 Å². The number of halogens is 6. The van der Waals surface area contributed by atoms with Crippen molar-refractivity contribution in [1.82, 2.24) is 5.32 Å². The third-order valence-corrected chi connectivity index (χ3v) is 3.69. The summed E-state index contributed by atoms with van der Waals surface area (Å²) in [4.78, 5) is 0. The van der Waals surface area contributed by atoms with E-state index in [-0.39, 0.29) is 23.0 Å². The van der Waals surface area contributed by atoms with Crippen LogP contribution in [0.5, 0.6) is 0 Å².